The summed E-state index contributed by atoms with van der Waals surface area (Å²) in [5, 5.41) is 2.07. The van der Waals surface area contributed by atoms with Gasteiger partial charge in [-0.05, 0) is 18.4 Å². The second kappa shape index (κ2) is 3.71. The molecule has 0 spiro atoms. The summed E-state index contributed by atoms with van der Waals surface area (Å²) >= 11 is 0. The van der Waals surface area contributed by atoms with Crippen molar-refractivity contribution in [1.82, 2.24) is 5.06 Å². The van der Waals surface area contributed by atoms with Crippen molar-refractivity contribution < 1.29 is 4.84 Å². The highest BCUT2D eigenvalue weighted by atomic mass is 16.8. The van der Waals surface area contributed by atoms with E-state index < -0.39 is 0 Å². The van der Waals surface area contributed by atoms with Crippen LogP contribution in [0.2, 0.25) is 0 Å². The van der Waals surface area contributed by atoms with Crippen molar-refractivity contribution in [2.75, 3.05) is 0 Å². The molecule has 0 radical (unpaired) electrons. The third kappa shape index (κ3) is 1.81. The van der Waals surface area contributed by atoms with Gasteiger partial charge in [0, 0.05) is 0 Å². The molecule has 1 unspecified atom stereocenters. The van der Waals surface area contributed by atoms with E-state index in [4.69, 9.17) is 4.84 Å². The van der Waals surface area contributed by atoms with Crippen LogP contribution in [0.5, 0.6) is 0 Å². The number of hydrogen-bond donors (Lipinski definition) is 0. The van der Waals surface area contributed by atoms with Crippen LogP contribution in [-0.4, -0.2) is 11.3 Å². The molecule has 2 nitrogen and oxygen atoms in total. The van der Waals surface area contributed by atoms with E-state index in [1.807, 2.05) is 6.07 Å². The Morgan fingerprint density at radius 2 is 1.79 bits per heavy atom. The lowest BCUT2D eigenvalue weighted by Gasteiger charge is -2.10. The first-order valence-electron chi connectivity index (χ1n) is 5.20. The van der Waals surface area contributed by atoms with Gasteiger partial charge in [0.05, 0.1) is 6.04 Å². The summed E-state index contributed by atoms with van der Waals surface area (Å²) in [6.07, 6.45) is 0.310. The van der Waals surface area contributed by atoms with Crippen LogP contribution in [0.4, 0.5) is 0 Å². The lowest BCUT2D eigenvalue weighted by molar-refractivity contribution is 0.155. The minimum Gasteiger partial charge on any atom is -0.274 e. The van der Waals surface area contributed by atoms with Crippen LogP contribution < -0.4 is 0 Å². The second-order valence-corrected chi connectivity index (χ2v) is 4.19. The van der Waals surface area contributed by atoms with Gasteiger partial charge in [0.25, 0.3) is 0 Å². The fourth-order valence-electron chi connectivity index (χ4n) is 1.70. The van der Waals surface area contributed by atoms with Crippen LogP contribution in [-0.2, 0) is 4.84 Å². The maximum absolute atomic E-state index is 5.53. The normalized spacial score (nSPS) is 27.7. The van der Waals surface area contributed by atoms with Crippen molar-refractivity contribution in [3.63, 3.8) is 0 Å². The van der Waals surface area contributed by atoms with Crippen molar-refractivity contribution in [2.45, 2.75) is 33.0 Å². The van der Waals surface area contributed by atoms with E-state index in [9.17, 15) is 0 Å². The predicted octanol–water partition coefficient (Wildman–Crippen LogP) is 2.98. The van der Waals surface area contributed by atoms with Crippen molar-refractivity contribution in [1.29, 1.82) is 0 Å². The van der Waals surface area contributed by atoms with E-state index in [0.717, 1.165) is 0 Å². The van der Waals surface area contributed by atoms with Gasteiger partial charge < -0.3 is 0 Å². The molecule has 3 atom stereocenters. The van der Waals surface area contributed by atoms with Crippen LogP contribution >= 0.6 is 0 Å². The topological polar surface area (TPSA) is 15.5 Å². The van der Waals surface area contributed by atoms with E-state index in [1.165, 1.54) is 5.56 Å². The number of nitrogens with zero attached hydrogens (tertiary/aromatic N) is 1. The smallest absolute Gasteiger partial charge is 0.157 e. The standard InChI is InChI=1S/C12H17NO/c1-9(2)12-13(14-12)10(3)11-7-5-4-6-8-11/h4-10,12H,1-3H3/t10-,12+,13?/m1/s1. The third-order valence-corrected chi connectivity index (χ3v) is 2.67. The summed E-state index contributed by atoms with van der Waals surface area (Å²) < 4.78 is 0. The van der Waals surface area contributed by atoms with Gasteiger partial charge in [-0.15, -0.1) is 5.06 Å². The van der Waals surface area contributed by atoms with Crippen LogP contribution in [0.3, 0.4) is 0 Å². The monoisotopic (exact) mass is 191 g/mol. The van der Waals surface area contributed by atoms with Crippen LogP contribution in [0.1, 0.15) is 32.4 Å². The van der Waals surface area contributed by atoms with Gasteiger partial charge >= 0.3 is 0 Å². The number of hydrogen-bond acceptors (Lipinski definition) is 2. The average Bonchev–Trinajstić information content (AvgIpc) is 2.97. The molecule has 0 amide bonds. The molecule has 1 aromatic carbocycles. The highest BCUT2D eigenvalue weighted by molar-refractivity contribution is 5.18. The Kier molecular flexibility index (Phi) is 2.57. The third-order valence-electron chi connectivity index (χ3n) is 2.67. The fraction of sp³-hybridized carbons (Fsp3) is 0.500. The van der Waals surface area contributed by atoms with E-state index in [1.54, 1.807) is 0 Å². The van der Waals surface area contributed by atoms with Gasteiger partial charge in [-0.1, -0.05) is 44.2 Å². The largest absolute Gasteiger partial charge is 0.274 e. The zero-order valence-electron chi connectivity index (χ0n) is 8.97. The lowest BCUT2D eigenvalue weighted by Crippen LogP contribution is -2.11. The number of hydroxylamine groups is 2. The van der Waals surface area contributed by atoms with Crippen molar-refractivity contribution in [2.24, 2.45) is 5.92 Å². The molecule has 1 fully saturated rings. The summed E-state index contributed by atoms with van der Waals surface area (Å²) in [5.74, 6) is 0.571. The fourth-order valence-corrected chi connectivity index (χ4v) is 1.70. The molecule has 14 heavy (non-hydrogen) atoms. The molecule has 2 rings (SSSR count). The lowest BCUT2D eigenvalue weighted by atomic mass is 10.1. The minimum absolute atomic E-state index is 0.310. The first kappa shape index (κ1) is 9.69. The maximum Gasteiger partial charge on any atom is 0.157 e. The summed E-state index contributed by atoms with van der Waals surface area (Å²) in [5.41, 5.74) is 1.32. The molecule has 1 aromatic rings. The average molecular weight is 191 g/mol. The van der Waals surface area contributed by atoms with E-state index in [0.29, 0.717) is 18.2 Å². The van der Waals surface area contributed by atoms with Crippen LogP contribution in [0.25, 0.3) is 0 Å². The van der Waals surface area contributed by atoms with Crippen molar-refractivity contribution in [3.8, 4) is 0 Å². The maximum atomic E-state index is 5.53. The molecule has 2 heteroatoms. The molecular weight excluding hydrogens is 174 g/mol. The summed E-state index contributed by atoms with van der Waals surface area (Å²) in [4.78, 5) is 5.53. The highest BCUT2D eigenvalue weighted by Crippen LogP contribution is 2.36. The van der Waals surface area contributed by atoms with E-state index in [2.05, 4.69) is 50.1 Å². The molecule has 1 saturated heterocycles. The van der Waals surface area contributed by atoms with Gasteiger partial charge in [-0.3, -0.25) is 4.84 Å². The van der Waals surface area contributed by atoms with Gasteiger partial charge in [0.1, 0.15) is 0 Å². The SMILES string of the molecule is CC(C)[C@@H]1ON1[C@H](C)c1ccccc1. The highest BCUT2D eigenvalue weighted by Gasteiger charge is 2.42. The van der Waals surface area contributed by atoms with E-state index in [-0.39, 0.29) is 0 Å². The zero-order valence-corrected chi connectivity index (χ0v) is 8.97. The molecule has 1 heterocycles. The number of rotatable bonds is 3. The van der Waals surface area contributed by atoms with Crippen LogP contribution in [0, 0.1) is 5.92 Å². The summed E-state index contributed by atoms with van der Waals surface area (Å²) in [6, 6.07) is 10.8. The zero-order chi connectivity index (χ0) is 10.1. The molecule has 1 aliphatic rings. The Labute approximate surface area is 85.4 Å². The second-order valence-electron chi connectivity index (χ2n) is 4.19. The van der Waals surface area contributed by atoms with Gasteiger partial charge in [0.15, 0.2) is 6.23 Å². The van der Waals surface area contributed by atoms with Crippen LogP contribution in [0.15, 0.2) is 30.3 Å². The Balaban J connectivity index is 2.01. The molecule has 1 aliphatic heterocycles. The first-order valence-corrected chi connectivity index (χ1v) is 5.20. The van der Waals surface area contributed by atoms with E-state index >= 15 is 0 Å². The first-order chi connectivity index (χ1) is 6.70. The molecule has 0 bridgehead atoms. The molecule has 0 aliphatic carbocycles. The quantitative estimate of drug-likeness (QED) is 0.682. The van der Waals surface area contributed by atoms with Gasteiger partial charge in [-0.2, -0.15) is 0 Å². The Hall–Kier alpha value is -0.860. The summed E-state index contributed by atoms with van der Waals surface area (Å²) in [7, 11) is 0. The molecular formula is C12H17NO. The molecule has 0 aromatic heterocycles. The molecule has 0 saturated carbocycles. The van der Waals surface area contributed by atoms with Gasteiger partial charge in [0.2, 0.25) is 0 Å². The predicted molar refractivity (Wildman–Crippen MR) is 56.4 cm³/mol. The minimum atomic E-state index is 0.310. The van der Waals surface area contributed by atoms with Gasteiger partial charge in [-0.25, -0.2) is 0 Å². The molecule has 76 valence electrons. The van der Waals surface area contributed by atoms with Crippen molar-refractivity contribution >= 4 is 0 Å². The Morgan fingerprint density at radius 3 is 2.29 bits per heavy atom. The molecule has 0 N–H and O–H groups in total. The van der Waals surface area contributed by atoms with Crippen molar-refractivity contribution in [3.05, 3.63) is 35.9 Å². The summed E-state index contributed by atoms with van der Waals surface area (Å²) in [6.45, 7) is 6.54. The number of benzene rings is 1. The Morgan fingerprint density at radius 1 is 1.14 bits per heavy atom. The Bertz CT molecular complexity index is 296.